The van der Waals surface area contributed by atoms with Crippen LogP contribution in [0.25, 0.3) is 22.1 Å². The predicted octanol–water partition coefficient (Wildman–Crippen LogP) is 1.37. The highest BCUT2D eigenvalue weighted by molar-refractivity contribution is 6.01. The first-order valence-electron chi connectivity index (χ1n) is 7.53. The van der Waals surface area contributed by atoms with Crippen molar-refractivity contribution in [3.8, 4) is 0 Å². The number of aromatic nitrogens is 4. The molecule has 0 radical (unpaired) electrons. The Morgan fingerprint density at radius 1 is 1.43 bits per heavy atom. The molecule has 0 unspecified atom stereocenters. The summed E-state index contributed by atoms with van der Waals surface area (Å²) < 4.78 is 2.32. The van der Waals surface area contributed by atoms with Crippen LogP contribution in [0.4, 0.5) is 0 Å². The minimum absolute atomic E-state index is 0.118. The van der Waals surface area contributed by atoms with Gasteiger partial charge < -0.3 is 20.0 Å². The molecule has 1 aliphatic heterocycles. The first-order valence-corrected chi connectivity index (χ1v) is 7.53. The van der Waals surface area contributed by atoms with Crippen LogP contribution in [0, 0.1) is 0 Å². The van der Waals surface area contributed by atoms with Gasteiger partial charge in [-0.25, -0.2) is 9.97 Å². The molecule has 3 N–H and O–H groups in total. The highest BCUT2D eigenvalue weighted by atomic mass is 16.3. The van der Waals surface area contributed by atoms with Gasteiger partial charge in [0.1, 0.15) is 17.0 Å². The second-order valence-electron chi connectivity index (χ2n) is 5.60. The van der Waals surface area contributed by atoms with Crippen LogP contribution in [0.1, 0.15) is 24.7 Å². The summed E-state index contributed by atoms with van der Waals surface area (Å²) in [6.07, 6.45) is 6.63. The maximum atomic E-state index is 9.35. The van der Waals surface area contributed by atoms with Crippen LogP contribution >= 0.6 is 0 Å². The summed E-state index contributed by atoms with van der Waals surface area (Å²) in [6.45, 7) is 2.16. The molecule has 0 saturated carbocycles. The second kappa shape index (κ2) is 5.13. The van der Waals surface area contributed by atoms with Crippen molar-refractivity contribution in [3.05, 3.63) is 24.3 Å². The number of fused-ring (bicyclic) bond motifs is 3. The third-order valence-electron chi connectivity index (χ3n) is 4.28. The molecular formula is C15H19N5O. The van der Waals surface area contributed by atoms with Gasteiger partial charge in [0.15, 0.2) is 0 Å². The lowest BCUT2D eigenvalue weighted by Gasteiger charge is -2.26. The fraction of sp³-hybridized carbons (Fsp3) is 0.467. The van der Waals surface area contributed by atoms with Crippen LogP contribution in [0.15, 0.2) is 18.5 Å². The second-order valence-corrected chi connectivity index (χ2v) is 5.60. The number of pyridine rings is 1. The highest BCUT2D eigenvalue weighted by Crippen LogP contribution is 2.30. The Bertz CT molecular complexity index is 769. The number of imidazole rings is 1. The van der Waals surface area contributed by atoms with Crippen molar-refractivity contribution < 1.29 is 5.11 Å². The van der Waals surface area contributed by atoms with E-state index in [1.54, 1.807) is 0 Å². The smallest absolute Gasteiger partial charge is 0.139 e. The van der Waals surface area contributed by atoms with E-state index in [4.69, 9.17) is 4.98 Å². The molecule has 3 aromatic rings. The van der Waals surface area contributed by atoms with Crippen molar-refractivity contribution in [3.63, 3.8) is 0 Å². The van der Waals surface area contributed by atoms with Crippen molar-refractivity contribution in [1.29, 1.82) is 0 Å². The van der Waals surface area contributed by atoms with E-state index in [0.717, 1.165) is 47.4 Å². The number of hydrogen-bond donors (Lipinski definition) is 3. The topological polar surface area (TPSA) is 78.8 Å². The largest absolute Gasteiger partial charge is 0.396 e. The first kappa shape index (κ1) is 12.8. The average molecular weight is 285 g/mol. The molecule has 6 nitrogen and oxygen atoms in total. The van der Waals surface area contributed by atoms with Crippen LogP contribution < -0.4 is 5.32 Å². The van der Waals surface area contributed by atoms with E-state index < -0.39 is 0 Å². The molecule has 0 aromatic carbocycles. The van der Waals surface area contributed by atoms with Gasteiger partial charge in [-0.3, -0.25) is 0 Å². The molecular weight excluding hydrogens is 266 g/mol. The Balaban J connectivity index is 1.98. The minimum atomic E-state index is 0.118. The Labute approximate surface area is 122 Å². The number of piperidine rings is 1. The lowest BCUT2D eigenvalue weighted by atomic mass is 10.1. The molecule has 21 heavy (non-hydrogen) atoms. The normalized spacial score (nSPS) is 19.6. The molecule has 6 heteroatoms. The van der Waals surface area contributed by atoms with E-state index in [1.165, 1.54) is 6.42 Å². The van der Waals surface area contributed by atoms with Gasteiger partial charge in [-0.1, -0.05) is 0 Å². The van der Waals surface area contributed by atoms with Gasteiger partial charge in [0.2, 0.25) is 0 Å². The number of nitrogens with zero attached hydrogens (tertiary/aromatic N) is 3. The standard InChI is InChI=1S/C15H19N5O/c21-7-4-13-19-12-9-18-15-11(3-6-17-15)14(12)20(13)10-2-1-5-16-8-10/h3,6,9-10,16,21H,1-2,4-5,7-8H2,(H,17,18)/t10-/m1/s1. The zero-order chi connectivity index (χ0) is 14.2. The molecule has 0 aliphatic carbocycles. The average Bonchev–Trinajstić information content (AvgIpc) is 3.11. The Morgan fingerprint density at radius 2 is 2.38 bits per heavy atom. The van der Waals surface area contributed by atoms with E-state index in [0.29, 0.717) is 12.5 Å². The van der Waals surface area contributed by atoms with Crippen molar-refractivity contribution in [2.45, 2.75) is 25.3 Å². The Hall–Kier alpha value is -1.92. The number of nitrogens with one attached hydrogen (secondary N) is 2. The van der Waals surface area contributed by atoms with E-state index >= 15 is 0 Å². The summed E-state index contributed by atoms with van der Waals surface area (Å²) in [7, 11) is 0. The van der Waals surface area contributed by atoms with Crippen LogP contribution in [-0.4, -0.2) is 44.3 Å². The molecule has 1 atom stereocenters. The zero-order valence-electron chi connectivity index (χ0n) is 11.8. The van der Waals surface area contributed by atoms with E-state index in [1.807, 2.05) is 12.4 Å². The number of aliphatic hydroxyl groups excluding tert-OH is 1. The lowest BCUT2D eigenvalue weighted by molar-refractivity contribution is 0.290. The van der Waals surface area contributed by atoms with Crippen molar-refractivity contribution in [1.82, 2.24) is 24.8 Å². The molecule has 1 saturated heterocycles. The number of aromatic amines is 1. The fourth-order valence-electron chi connectivity index (χ4n) is 3.36. The quantitative estimate of drug-likeness (QED) is 0.679. The first-order chi connectivity index (χ1) is 10.4. The number of H-pyrrole nitrogens is 1. The molecule has 1 aliphatic rings. The van der Waals surface area contributed by atoms with Gasteiger partial charge in [0.25, 0.3) is 0 Å². The van der Waals surface area contributed by atoms with Gasteiger partial charge in [0, 0.05) is 30.6 Å². The van der Waals surface area contributed by atoms with Gasteiger partial charge in [-0.05, 0) is 25.5 Å². The molecule has 0 amide bonds. The third kappa shape index (κ3) is 2.02. The highest BCUT2D eigenvalue weighted by Gasteiger charge is 2.22. The predicted molar refractivity (Wildman–Crippen MR) is 81.3 cm³/mol. The van der Waals surface area contributed by atoms with Crippen molar-refractivity contribution in [2.24, 2.45) is 0 Å². The molecule has 4 heterocycles. The van der Waals surface area contributed by atoms with Crippen LogP contribution in [0.2, 0.25) is 0 Å². The number of rotatable bonds is 3. The summed E-state index contributed by atoms with van der Waals surface area (Å²) in [5, 5.41) is 13.9. The molecule has 3 aromatic heterocycles. The molecule has 110 valence electrons. The summed E-state index contributed by atoms with van der Waals surface area (Å²) in [5.74, 6) is 0.955. The fourth-order valence-corrected chi connectivity index (χ4v) is 3.36. The third-order valence-corrected chi connectivity index (χ3v) is 4.28. The van der Waals surface area contributed by atoms with Crippen molar-refractivity contribution >= 4 is 22.1 Å². The number of aliphatic hydroxyl groups is 1. The maximum Gasteiger partial charge on any atom is 0.139 e. The van der Waals surface area contributed by atoms with Gasteiger partial charge in [0.05, 0.1) is 18.3 Å². The summed E-state index contributed by atoms with van der Waals surface area (Å²) in [5.41, 5.74) is 2.94. The number of hydrogen-bond acceptors (Lipinski definition) is 4. The molecule has 0 spiro atoms. The monoisotopic (exact) mass is 285 g/mol. The summed E-state index contributed by atoms with van der Waals surface area (Å²) >= 11 is 0. The summed E-state index contributed by atoms with van der Waals surface area (Å²) in [4.78, 5) is 12.3. The van der Waals surface area contributed by atoms with Crippen LogP contribution in [-0.2, 0) is 6.42 Å². The Morgan fingerprint density at radius 3 is 3.19 bits per heavy atom. The van der Waals surface area contributed by atoms with Gasteiger partial charge in [-0.2, -0.15) is 0 Å². The zero-order valence-corrected chi connectivity index (χ0v) is 11.8. The molecule has 1 fully saturated rings. The lowest BCUT2D eigenvalue weighted by Crippen LogP contribution is -2.32. The Kier molecular flexibility index (Phi) is 3.12. The van der Waals surface area contributed by atoms with Gasteiger partial charge in [-0.15, -0.1) is 0 Å². The SMILES string of the molecule is OCCc1nc2cnc3[nH]ccc3c2n1[C@@H]1CCCNC1. The van der Waals surface area contributed by atoms with Crippen LogP contribution in [0.5, 0.6) is 0 Å². The van der Waals surface area contributed by atoms with Crippen molar-refractivity contribution in [2.75, 3.05) is 19.7 Å². The van der Waals surface area contributed by atoms with E-state index in [9.17, 15) is 5.11 Å². The van der Waals surface area contributed by atoms with E-state index in [2.05, 4.69) is 25.9 Å². The van der Waals surface area contributed by atoms with Gasteiger partial charge >= 0.3 is 0 Å². The molecule has 0 bridgehead atoms. The maximum absolute atomic E-state index is 9.35. The molecule has 4 rings (SSSR count). The van der Waals surface area contributed by atoms with E-state index in [-0.39, 0.29) is 6.61 Å². The van der Waals surface area contributed by atoms with Crippen LogP contribution in [0.3, 0.4) is 0 Å². The summed E-state index contributed by atoms with van der Waals surface area (Å²) in [6, 6.07) is 2.45. The minimum Gasteiger partial charge on any atom is -0.396 e.